The number of nitrogens with zero attached hydrogens (tertiary/aromatic N) is 2. The summed E-state index contributed by atoms with van der Waals surface area (Å²) in [6.07, 6.45) is 12.5. The highest BCUT2D eigenvalue weighted by atomic mass is 15.2. The predicted molar refractivity (Wildman–Crippen MR) is 60.3 cm³/mol. The molecule has 0 N–H and O–H groups in total. The lowest BCUT2D eigenvalue weighted by Crippen LogP contribution is -2.36. The van der Waals surface area contributed by atoms with Crippen LogP contribution in [0.25, 0.3) is 0 Å². The van der Waals surface area contributed by atoms with Crippen LogP contribution in [0.1, 0.15) is 24.8 Å². The van der Waals surface area contributed by atoms with E-state index in [-0.39, 0.29) is 0 Å². The summed E-state index contributed by atoms with van der Waals surface area (Å²) in [5, 5.41) is 0. The minimum atomic E-state index is 0.684. The molecule has 1 saturated heterocycles. The molecule has 1 fully saturated rings. The van der Waals surface area contributed by atoms with Crippen molar-refractivity contribution in [3.05, 3.63) is 42.2 Å². The summed E-state index contributed by atoms with van der Waals surface area (Å²) in [5.74, 6) is 0. The Labute approximate surface area is 90.6 Å². The molecular weight excluding hydrogens is 184 g/mol. The van der Waals surface area contributed by atoms with E-state index in [1.54, 1.807) is 0 Å². The molecule has 78 valence electrons. The maximum absolute atomic E-state index is 4.18. The number of fused-ring (bicyclic) bond motifs is 2. The van der Waals surface area contributed by atoms with E-state index in [2.05, 4.69) is 28.1 Å². The van der Waals surface area contributed by atoms with Gasteiger partial charge in [-0.05, 0) is 30.9 Å². The largest absolute Gasteiger partial charge is 0.289 e. The molecule has 3 heterocycles. The topological polar surface area (TPSA) is 16.1 Å². The number of aromatic nitrogens is 1. The molecule has 2 aliphatic heterocycles. The van der Waals surface area contributed by atoms with Gasteiger partial charge in [0.15, 0.2) is 0 Å². The van der Waals surface area contributed by atoms with Gasteiger partial charge >= 0.3 is 0 Å². The fourth-order valence-electron chi connectivity index (χ4n) is 2.77. The molecule has 0 radical (unpaired) electrons. The highest BCUT2D eigenvalue weighted by molar-refractivity contribution is 5.13. The van der Waals surface area contributed by atoms with Crippen LogP contribution in [0.15, 0.2) is 36.7 Å². The molecule has 1 aromatic rings. The Hall–Kier alpha value is -1.15. The molecule has 0 aromatic carbocycles. The normalized spacial score (nSPS) is 29.6. The second-order valence-corrected chi connectivity index (χ2v) is 4.50. The number of pyridine rings is 1. The SMILES string of the molecule is C1=CC2CCC(C1)N2Cc1cccnc1. The first kappa shape index (κ1) is 9.10. The van der Waals surface area contributed by atoms with E-state index in [0.29, 0.717) is 6.04 Å². The first-order chi connectivity index (χ1) is 7.43. The lowest BCUT2D eigenvalue weighted by molar-refractivity contribution is 0.200. The maximum Gasteiger partial charge on any atom is 0.0312 e. The van der Waals surface area contributed by atoms with Crippen LogP contribution >= 0.6 is 0 Å². The van der Waals surface area contributed by atoms with Gasteiger partial charge in [-0.1, -0.05) is 18.2 Å². The average molecular weight is 200 g/mol. The van der Waals surface area contributed by atoms with Crippen molar-refractivity contribution in [3.8, 4) is 0 Å². The van der Waals surface area contributed by atoms with E-state index in [1.807, 2.05) is 18.5 Å². The van der Waals surface area contributed by atoms with Crippen molar-refractivity contribution in [1.29, 1.82) is 0 Å². The van der Waals surface area contributed by atoms with Gasteiger partial charge in [-0.15, -0.1) is 0 Å². The van der Waals surface area contributed by atoms with E-state index < -0.39 is 0 Å². The maximum atomic E-state index is 4.18. The zero-order valence-corrected chi connectivity index (χ0v) is 8.84. The number of rotatable bonds is 2. The molecule has 1 aromatic heterocycles. The van der Waals surface area contributed by atoms with Gasteiger partial charge in [-0.25, -0.2) is 0 Å². The summed E-state index contributed by atoms with van der Waals surface area (Å²) in [4.78, 5) is 6.80. The minimum absolute atomic E-state index is 0.684. The highest BCUT2D eigenvalue weighted by Crippen LogP contribution is 2.32. The van der Waals surface area contributed by atoms with Crippen LogP contribution in [-0.2, 0) is 6.54 Å². The molecule has 0 saturated carbocycles. The van der Waals surface area contributed by atoms with Gasteiger partial charge in [-0.2, -0.15) is 0 Å². The Bertz CT molecular complexity index is 358. The quantitative estimate of drug-likeness (QED) is 0.681. The van der Waals surface area contributed by atoms with E-state index in [9.17, 15) is 0 Å². The van der Waals surface area contributed by atoms with Gasteiger partial charge < -0.3 is 0 Å². The molecular formula is C13H16N2. The Kier molecular flexibility index (Phi) is 2.29. The molecule has 15 heavy (non-hydrogen) atoms. The zero-order chi connectivity index (χ0) is 10.1. The molecule has 2 atom stereocenters. The van der Waals surface area contributed by atoms with Crippen molar-refractivity contribution in [1.82, 2.24) is 9.88 Å². The van der Waals surface area contributed by atoms with Crippen molar-refractivity contribution in [2.45, 2.75) is 37.9 Å². The average Bonchev–Trinajstić information content (AvgIpc) is 2.53. The predicted octanol–water partition coefficient (Wildman–Crippen LogP) is 2.37. The van der Waals surface area contributed by atoms with Gasteiger partial charge in [0, 0.05) is 31.0 Å². The van der Waals surface area contributed by atoms with Crippen molar-refractivity contribution in [2.75, 3.05) is 0 Å². The zero-order valence-electron chi connectivity index (χ0n) is 8.84. The van der Waals surface area contributed by atoms with E-state index in [4.69, 9.17) is 0 Å². The van der Waals surface area contributed by atoms with Crippen molar-refractivity contribution in [3.63, 3.8) is 0 Å². The van der Waals surface area contributed by atoms with Crippen LogP contribution in [0.3, 0.4) is 0 Å². The Morgan fingerprint density at radius 2 is 2.40 bits per heavy atom. The number of hydrogen-bond donors (Lipinski definition) is 0. The third-order valence-electron chi connectivity index (χ3n) is 3.54. The van der Waals surface area contributed by atoms with Crippen molar-refractivity contribution in [2.24, 2.45) is 0 Å². The van der Waals surface area contributed by atoms with E-state index >= 15 is 0 Å². The van der Waals surface area contributed by atoms with Crippen LogP contribution in [0, 0.1) is 0 Å². The fraction of sp³-hybridized carbons (Fsp3) is 0.462. The smallest absolute Gasteiger partial charge is 0.0312 e. The van der Waals surface area contributed by atoms with Crippen LogP contribution in [-0.4, -0.2) is 22.0 Å². The van der Waals surface area contributed by atoms with E-state index in [0.717, 1.165) is 12.6 Å². The Morgan fingerprint density at radius 3 is 3.20 bits per heavy atom. The molecule has 2 nitrogen and oxygen atoms in total. The fourth-order valence-corrected chi connectivity index (χ4v) is 2.77. The van der Waals surface area contributed by atoms with Gasteiger partial charge in [0.1, 0.15) is 0 Å². The van der Waals surface area contributed by atoms with Gasteiger partial charge in [-0.3, -0.25) is 9.88 Å². The standard InChI is InChI=1S/C13H16N2/c1-4-12-6-7-13(5-1)15(12)10-11-3-2-8-14-9-11/h1-4,8-9,12-13H,5-7,10H2. The molecule has 2 unspecified atom stereocenters. The van der Waals surface area contributed by atoms with E-state index in [1.165, 1.54) is 24.8 Å². The summed E-state index contributed by atoms with van der Waals surface area (Å²) in [6.45, 7) is 1.06. The van der Waals surface area contributed by atoms with Crippen molar-refractivity contribution < 1.29 is 0 Å². The Morgan fingerprint density at radius 1 is 1.40 bits per heavy atom. The molecule has 2 heteroatoms. The molecule has 2 aliphatic rings. The van der Waals surface area contributed by atoms with Gasteiger partial charge in [0.2, 0.25) is 0 Å². The monoisotopic (exact) mass is 200 g/mol. The second-order valence-electron chi connectivity index (χ2n) is 4.50. The number of hydrogen-bond acceptors (Lipinski definition) is 2. The molecule has 3 rings (SSSR count). The van der Waals surface area contributed by atoms with Crippen LogP contribution < -0.4 is 0 Å². The van der Waals surface area contributed by atoms with Crippen molar-refractivity contribution >= 4 is 0 Å². The summed E-state index contributed by atoms with van der Waals surface area (Å²) in [7, 11) is 0. The first-order valence-electron chi connectivity index (χ1n) is 5.75. The molecule has 0 spiro atoms. The molecule has 0 aliphatic carbocycles. The summed E-state index contributed by atoms with van der Waals surface area (Å²) in [6, 6.07) is 5.66. The third-order valence-corrected chi connectivity index (χ3v) is 3.54. The summed E-state index contributed by atoms with van der Waals surface area (Å²) >= 11 is 0. The lowest BCUT2D eigenvalue weighted by atomic mass is 10.1. The molecule has 2 bridgehead atoms. The minimum Gasteiger partial charge on any atom is -0.289 e. The molecule has 0 amide bonds. The van der Waals surface area contributed by atoms with Crippen LogP contribution in [0.5, 0.6) is 0 Å². The van der Waals surface area contributed by atoms with Crippen LogP contribution in [0.2, 0.25) is 0 Å². The highest BCUT2D eigenvalue weighted by Gasteiger charge is 2.33. The summed E-state index contributed by atoms with van der Waals surface area (Å²) in [5.41, 5.74) is 1.34. The Balaban J connectivity index is 1.77. The summed E-state index contributed by atoms with van der Waals surface area (Å²) < 4.78 is 0. The lowest BCUT2D eigenvalue weighted by Gasteiger charge is -2.31. The second kappa shape index (κ2) is 3.78. The van der Waals surface area contributed by atoms with Crippen LogP contribution in [0.4, 0.5) is 0 Å². The first-order valence-corrected chi connectivity index (χ1v) is 5.75. The van der Waals surface area contributed by atoms with Gasteiger partial charge in [0.25, 0.3) is 0 Å². The van der Waals surface area contributed by atoms with Gasteiger partial charge in [0.05, 0.1) is 0 Å². The third kappa shape index (κ3) is 1.70.